The largest absolute Gasteiger partial charge is 0.442 e. The fourth-order valence-corrected chi connectivity index (χ4v) is 3.47. The predicted octanol–water partition coefficient (Wildman–Crippen LogP) is 1.25. The number of hydrogen-bond donors (Lipinski definition) is 1. The fraction of sp³-hybridized carbons (Fsp3) is 0.500. The molecule has 7 heteroatoms. The van der Waals surface area contributed by atoms with Gasteiger partial charge in [-0.1, -0.05) is 35.5 Å². The van der Waals surface area contributed by atoms with Crippen LogP contribution in [-0.2, 0) is 11.3 Å². The number of aromatic nitrogens is 2. The summed E-state index contributed by atoms with van der Waals surface area (Å²) >= 11 is 0. The highest BCUT2D eigenvalue weighted by atomic mass is 16.5. The molecule has 2 aromatic rings. The zero-order valence-electron chi connectivity index (χ0n) is 14.1. The second-order valence-electron chi connectivity index (χ2n) is 6.83. The molecular formula is C18H22N4O3. The van der Waals surface area contributed by atoms with E-state index in [4.69, 9.17) is 4.52 Å². The fourth-order valence-electron chi connectivity index (χ4n) is 3.47. The molecule has 25 heavy (non-hydrogen) atoms. The van der Waals surface area contributed by atoms with E-state index >= 15 is 0 Å². The van der Waals surface area contributed by atoms with Gasteiger partial charge in [0.15, 0.2) is 5.82 Å². The van der Waals surface area contributed by atoms with Crippen molar-refractivity contribution in [1.82, 2.24) is 19.9 Å². The maximum absolute atomic E-state index is 12.4. The van der Waals surface area contributed by atoms with E-state index in [0.717, 1.165) is 37.5 Å². The quantitative estimate of drug-likeness (QED) is 0.884. The SMILES string of the molecule is O=C(Cn1c(-c2ccccc2)noc1=O)NC1CCN(C2CC2)CC1. The molecule has 7 nitrogen and oxygen atoms in total. The lowest BCUT2D eigenvalue weighted by molar-refractivity contribution is -0.122. The number of amides is 1. The summed E-state index contributed by atoms with van der Waals surface area (Å²) in [4.78, 5) is 26.8. The summed E-state index contributed by atoms with van der Waals surface area (Å²) in [5.74, 6) is -0.408. The number of piperidine rings is 1. The third-order valence-corrected chi connectivity index (χ3v) is 4.98. The maximum Gasteiger partial charge on any atom is 0.442 e. The number of benzene rings is 1. The lowest BCUT2D eigenvalue weighted by Crippen LogP contribution is -2.46. The van der Waals surface area contributed by atoms with Crippen molar-refractivity contribution in [3.63, 3.8) is 0 Å². The molecule has 0 radical (unpaired) electrons. The molecule has 2 heterocycles. The first-order chi connectivity index (χ1) is 12.2. The van der Waals surface area contributed by atoms with Gasteiger partial charge in [0.2, 0.25) is 5.91 Å². The van der Waals surface area contributed by atoms with Crippen LogP contribution in [0.15, 0.2) is 39.6 Å². The number of carbonyl (C=O) groups excluding carboxylic acids is 1. The molecule has 1 saturated carbocycles. The number of nitrogens with one attached hydrogen (secondary N) is 1. The van der Waals surface area contributed by atoms with Crippen molar-refractivity contribution in [3.8, 4) is 11.4 Å². The second-order valence-corrected chi connectivity index (χ2v) is 6.83. The summed E-state index contributed by atoms with van der Waals surface area (Å²) in [5, 5.41) is 6.86. The number of likely N-dealkylation sites (tertiary alicyclic amines) is 1. The number of rotatable bonds is 5. The van der Waals surface area contributed by atoms with Gasteiger partial charge in [0.25, 0.3) is 0 Å². The van der Waals surface area contributed by atoms with Crippen LogP contribution in [0.4, 0.5) is 0 Å². The van der Waals surface area contributed by atoms with Crippen molar-refractivity contribution in [2.75, 3.05) is 13.1 Å². The lowest BCUT2D eigenvalue weighted by Gasteiger charge is -2.32. The Kier molecular flexibility index (Phi) is 4.40. The van der Waals surface area contributed by atoms with Gasteiger partial charge in [-0.05, 0) is 25.7 Å². The maximum atomic E-state index is 12.4. The minimum absolute atomic E-state index is 0.0740. The molecule has 0 unspecified atom stereocenters. The van der Waals surface area contributed by atoms with Gasteiger partial charge in [-0.15, -0.1) is 0 Å². The zero-order chi connectivity index (χ0) is 17.2. The van der Waals surface area contributed by atoms with Crippen molar-refractivity contribution < 1.29 is 9.32 Å². The molecular weight excluding hydrogens is 320 g/mol. The van der Waals surface area contributed by atoms with E-state index in [1.807, 2.05) is 30.3 Å². The normalized spacial score (nSPS) is 19.0. The van der Waals surface area contributed by atoms with Crippen molar-refractivity contribution in [2.45, 2.75) is 44.3 Å². The smallest absolute Gasteiger partial charge is 0.352 e. The average Bonchev–Trinajstić information content (AvgIpc) is 3.42. The van der Waals surface area contributed by atoms with E-state index < -0.39 is 5.76 Å². The summed E-state index contributed by atoms with van der Waals surface area (Å²) in [6.45, 7) is 2.01. The molecule has 1 amide bonds. The van der Waals surface area contributed by atoms with Crippen LogP contribution >= 0.6 is 0 Å². The Morgan fingerprint density at radius 1 is 1.16 bits per heavy atom. The Bertz CT molecular complexity index is 786. The van der Waals surface area contributed by atoms with E-state index in [1.54, 1.807) is 0 Å². The third-order valence-electron chi connectivity index (χ3n) is 4.98. The summed E-state index contributed by atoms with van der Waals surface area (Å²) in [6.07, 6.45) is 4.56. The Balaban J connectivity index is 1.38. The van der Waals surface area contributed by atoms with Gasteiger partial charge in [-0.3, -0.25) is 9.32 Å². The van der Waals surface area contributed by atoms with Crippen molar-refractivity contribution in [1.29, 1.82) is 0 Å². The van der Waals surface area contributed by atoms with Gasteiger partial charge in [-0.25, -0.2) is 9.36 Å². The summed E-state index contributed by atoms with van der Waals surface area (Å²) in [7, 11) is 0. The van der Waals surface area contributed by atoms with Crippen LogP contribution in [0.1, 0.15) is 25.7 Å². The zero-order valence-corrected chi connectivity index (χ0v) is 14.1. The van der Waals surface area contributed by atoms with Crippen LogP contribution in [0.5, 0.6) is 0 Å². The van der Waals surface area contributed by atoms with Gasteiger partial charge in [0.1, 0.15) is 6.54 Å². The van der Waals surface area contributed by atoms with Gasteiger partial charge < -0.3 is 10.2 Å². The first kappa shape index (κ1) is 16.1. The monoisotopic (exact) mass is 342 g/mol. The molecule has 1 aliphatic carbocycles. The Morgan fingerprint density at radius 2 is 1.88 bits per heavy atom. The topological polar surface area (TPSA) is 80.4 Å². The molecule has 132 valence electrons. The van der Waals surface area contributed by atoms with Crippen LogP contribution in [0, 0.1) is 0 Å². The average molecular weight is 342 g/mol. The highest BCUT2D eigenvalue weighted by Crippen LogP contribution is 2.29. The van der Waals surface area contributed by atoms with E-state index in [9.17, 15) is 9.59 Å². The number of hydrogen-bond acceptors (Lipinski definition) is 5. The van der Waals surface area contributed by atoms with Gasteiger partial charge in [-0.2, -0.15) is 0 Å². The van der Waals surface area contributed by atoms with Crippen LogP contribution in [0.2, 0.25) is 0 Å². The molecule has 1 aromatic heterocycles. The van der Waals surface area contributed by atoms with E-state index in [0.29, 0.717) is 5.82 Å². The Labute approximate surface area is 145 Å². The first-order valence-electron chi connectivity index (χ1n) is 8.86. The number of nitrogens with zero attached hydrogens (tertiary/aromatic N) is 3. The molecule has 2 fully saturated rings. The highest BCUT2D eigenvalue weighted by molar-refractivity contribution is 5.76. The standard InChI is InChI=1S/C18H22N4O3/c23-16(19-14-8-10-21(11-9-14)15-6-7-15)12-22-17(20-25-18(22)24)13-4-2-1-3-5-13/h1-5,14-15H,6-12H2,(H,19,23). The molecule has 2 aliphatic rings. The highest BCUT2D eigenvalue weighted by Gasteiger charge is 2.32. The van der Waals surface area contributed by atoms with Crippen LogP contribution in [0.3, 0.4) is 0 Å². The number of carbonyl (C=O) groups is 1. The van der Waals surface area contributed by atoms with E-state index in [-0.39, 0.29) is 18.5 Å². The van der Waals surface area contributed by atoms with Crippen molar-refractivity contribution in [3.05, 3.63) is 40.9 Å². The van der Waals surface area contributed by atoms with E-state index in [1.165, 1.54) is 17.4 Å². The van der Waals surface area contributed by atoms with Crippen molar-refractivity contribution in [2.24, 2.45) is 0 Å². The molecule has 1 saturated heterocycles. The third kappa shape index (κ3) is 3.66. The summed E-state index contributed by atoms with van der Waals surface area (Å²) < 4.78 is 6.04. The minimum Gasteiger partial charge on any atom is -0.352 e. The lowest BCUT2D eigenvalue weighted by atomic mass is 10.0. The molecule has 0 bridgehead atoms. The van der Waals surface area contributed by atoms with Gasteiger partial charge in [0.05, 0.1) is 0 Å². The molecule has 0 atom stereocenters. The predicted molar refractivity (Wildman–Crippen MR) is 92.0 cm³/mol. The molecule has 4 rings (SSSR count). The summed E-state index contributed by atoms with van der Waals surface area (Å²) in [5.41, 5.74) is 0.749. The summed E-state index contributed by atoms with van der Waals surface area (Å²) in [6, 6.07) is 10.2. The Hall–Kier alpha value is -2.41. The molecule has 1 N–H and O–H groups in total. The molecule has 1 aromatic carbocycles. The first-order valence-corrected chi connectivity index (χ1v) is 8.86. The van der Waals surface area contributed by atoms with Gasteiger partial charge >= 0.3 is 5.76 Å². The molecule has 1 aliphatic heterocycles. The van der Waals surface area contributed by atoms with Crippen LogP contribution < -0.4 is 11.1 Å². The molecule has 0 spiro atoms. The van der Waals surface area contributed by atoms with Gasteiger partial charge in [0, 0.05) is 30.7 Å². The minimum atomic E-state index is -0.613. The van der Waals surface area contributed by atoms with Crippen LogP contribution in [-0.4, -0.2) is 45.7 Å². The Morgan fingerprint density at radius 3 is 2.56 bits per heavy atom. The van der Waals surface area contributed by atoms with E-state index in [2.05, 4.69) is 15.4 Å². The van der Waals surface area contributed by atoms with Crippen LogP contribution in [0.25, 0.3) is 11.4 Å². The second kappa shape index (κ2) is 6.84. The van der Waals surface area contributed by atoms with Crippen molar-refractivity contribution >= 4 is 5.91 Å².